The first-order chi connectivity index (χ1) is 14.5. The number of ether oxygens (including phenoxy) is 3. The minimum Gasteiger partial charge on any atom is -0.497 e. The maximum atomic E-state index is 12.7. The van der Waals surface area contributed by atoms with Crippen LogP contribution in [0, 0.1) is 0 Å². The summed E-state index contributed by atoms with van der Waals surface area (Å²) in [5.41, 5.74) is 1.82. The number of nitrogens with zero attached hydrogens (tertiary/aromatic N) is 2. The zero-order valence-electron chi connectivity index (χ0n) is 17.7. The molecule has 1 saturated heterocycles. The van der Waals surface area contributed by atoms with Crippen molar-refractivity contribution in [2.45, 2.75) is 12.8 Å². The maximum absolute atomic E-state index is 12.7. The lowest BCUT2D eigenvalue weighted by Gasteiger charge is -2.35. The average Bonchev–Trinajstić information content (AvgIpc) is 2.79. The van der Waals surface area contributed by atoms with Gasteiger partial charge in [0.25, 0.3) is 0 Å². The summed E-state index contributed by atoms with van der Waals surface area (Å²) >= 11 is 0. The van der Waals surface area contributed by atoms with Crippen molar-refractivity contribution in [2.24, 2.45) is 0 Å². The number of methoxy groups -OCH3 is 3. The third-order valence-electron chi connectivity index (χ3n) is 5.30. The van der Waals surface area contributed by atoms with Crippen molar-refractivity contribution in [2.75, 3.05) is 47.5 Å². The van der Waals surface area contributed by atoms with Crippen LogP contribution < -0.4 is 14.2 Å². The zero-order chi connectivity index (χ0) is 21.5. The van der Waals surface area contributed by atoms with Crippen LogP contribution in [-0.2, 0) is 22.4 Å². The van der Waals surface area contributed by atoms with Gasteiger partial charge >= 0.3 is 0 Å². The van der Waals surface area contributed by atoms with E-state index in [1.165, 1.54) is 0 Å². The van der Waals surface area contributed by atoms with Crippen molar-refractivity contribution in [3.8, 4) is 17.2 Å². The van der Waals surface area contributed by atoms with Gasteiger partial charge in [0, 0.05) is 26.2 Å². The summed E-state index contributed by atoms with van der Waals surface area (Å²) in [4.78, 5) is 28.9. The van der Waals surface area contributed by atoms with Crippen LogP contribution in [-0.4, -0.2) is 69.1 Å². The number of benzene rings is 2. The number of hydrogen-bond donors (Lipinski definition) is 0. The third-order valence-corrected chi connectivity index (χ3v) is 5.30. The van der Waals surface area contributed by atoms with Crippen LogP contribution >= 0.6 is 0 Å². The summed E-state index contributed by atoms with van der Waals surface area (Å²) in [6.45, 7) is 2.18. The Labute approximate surface area is 177 Å². The van der Waals surface area contributed by atoms with E-state index in [-0.39, 0.29) is 11.8 Å². The molecule has 0 N–H and O–H groups in total. The minimum absolute atomic E-state index is 0.0458. The fourth-order valence-electron chi connectivity index (χ4n) is 3.51. The second-order valence-corrected chi connectivity index (χ2v) is 7.15. The molecule has 0 spiro atoms. The quantitative estimate of drug-likeness (QED) is 0.697. The van der Waals surface area contributed by atoms with E-state index in [1.54, 1.807) is 27.4 Å². The summed E-state index contributed by atoms with van der Waals surface area (Å²) < 4.78 is 15.7. The number of hydrogen-bond acceptors (Lipinski definition) is 5. The largest absolute Gasteiger partial charge is 0.497 e. The van der Waals surface area contributed by atoms with E-state index in [1.807, 2.05) is 46.2 Å². The van der Waals surface area contributed by atoms with Crippen LogP contribution in [0.3, 0.4) is 0 Å². The van der Waals surface area contributed by atoms with Gasteiger partial charge in [0.2, 0.25) is 11.8 Å². The second kappa shape index (κ2) is 10.0. The van der Waals surface area contributed by atoms with Crippen LogP contribution in [0.5, 0.6) is 17.2 Å². The summed E-state index contributed by atoms with van der Waals surface area (Å²) in [7, 11) is 4.77. The van der Waals surface area contributed by atoms with Gasteiger partial charge in [-0.2, -0.15) is 0 Å². The Morgan fingerprint density at radius 1 is 0.700 bits per heavy atom. The molecule has 0 radical (unpaired) electrons. The van der Waals surface area contributed by atoms with Gasteiger partial charge in [-0.05, 0) is 35.4 Å². The van der Waals surface area contributed by atoms with E-state index in [2.05, 4.69) is 0 Å². The second-order valence-electron chi connectivity index (χ2n) is 7.15. The van der Waals surface area contributed by atoms with E-state index >= 15 is 0 Å². The SMILES string of the molecule is COc1ccc(CC(=O)N2CCN(C(=O)Cc3ccc(OC)c(OC)c3)CC2)cc1. The van der Waals surface area contributed by atoms with E-state index in [9.17, 15) is 9.59 Å². The van der Waals surface area contributed by atoms with E-state index in [0.29, 0.717) is 50.5 Å². The molecule has 7 heteroatoms. The van der Waals surface area contributed by atoms with Gasteiger partial charge in [0.1, 0.15) is 5.75 Å². The molecule has 30 heavy (non-hydrogen) atoms. The molecule has 3 rings (SSSR count). The van der Waals surface area contributed by atoms with Gasteiger partial charge in [0.15, 0.2) is 11.5 Å². The molecule has 0 unspecified atom stereocenters. The minimum atomic E-state index is 0.0458. The molecule has 0 bridgehead atoms. The predicted octanol–water partition coefficient (Wildman–Crippen LogP) is 2.17. The summed E-state index contributed by atoms with van der Waals surface area (Å²) in [5.74, 6) is 2.14. The molecule has 1 aliphatic rings. The Morgan fingerprint density at radius 3 is 1.70 bits per heavy atom. The first-order valence-corrected chi connectivity index (χ1v) is 9.93. The topological polar surface area (TPSA) is 68.3 Å². The maximum Gasteiger partial charge on any atom is 0.227 e. The molecule has 7 nitrogen and oxygen atoms in total. The Bertz CT molecular complexity index is 874. The summed E-state index contributed by atoms with van der Waals surface area (Å²) in [5, 5.41) is 0. The predicted molar refractivity (Wildman–Crippen MR) is 113 cm³/mol. The normalized spacial score (nSPS) is 13.7. The summed E-state index contributed by atoms with van der Waals surface area (Å²) in [6, 6.07) is 13.0. The van der Waals surface area contributed by atoms with Crippen LogP contribution in [0.15, 0.2) is 42.5 Å². The third kappa shape index (κ3) is 5.23. The van der Waals surface area contributed by atoms with Crippen LogP contribution in [0.2, 0.25) is 0 Å². The average molecular weight is 412 g/mol. The van der Waals surface area contributed by atoms with Crippen LogP contribution in [0.4, 0.5) is 0 Å². The smallest absolute Gasteiger partial charge is 0.227 e. The molecular weight excluding hydrogens is 384 g/mol. The summed E-state index contributed by atoms with van der Waals surface area (Å²) in [6.07, 6.45) is 0.643. The van der Waals surface area contributed by atoms with Crippen molar-refractivity contribution >= 4 is 11.8 Å². The molecule has 0 atom stereocenters. The highest BCUT2D eigenvalue weighted by molar-refractivity contribution is 5.81. The van der Waals surface area contributed by atoms with Gasteiger partial charge in [-0.3, -0.25) is 9.59 Å². The standard InChI is InChI=1S/C23H28N2O5/c1-28-19-7-4-17(5-8-19)15-22(26)24-10-12-25(13-11-24)23(27)16-18-6-9-20(29-2)21(14-18)30-3/h4-9,14H,10-13,15-16H2,1-3H3. The molecule has 0 aromatic heterocycles. The van der Waals surface area contributed by atoms with Crippen molar-refractivity contribution in [1.82, 2.24) is 9.80 Å². The van der Waals surface area contributed by atoms with Crippen molar-refractivity contribution in [3.05, 3.63) is 53.6 Å². The van der Waals surface area contributed by atoms with Gasteiger partial charge in [-0.25, -0.2) is 0 Å². The molecule has 1 aliphatic heterocycles. The van der Waals surface area contributed by atoms with E-state index < -0.39 is 0 Å². The molecule has 0 saturated carbocycles. The van der Waals surface area contributed by atoms with Gasteiger partial charge in [-0.15, -0.1) is 0 Å². The number of amides is 2. The van der Waals surface area contributed by atoms with E-state index in [0.717, 1.165) is 16.9 Å². The van der Waals surface area contributed by atoms with Crippen molar-refractivity contribution in [1.29, 1.82) is 0 Å². The van der Waals surface area contributed by atoms with Crippen molar-refractivity contribution < 1.29 is 23.8 Å². The fraction of sp³-hybridized carbons (Fsp3) is 0.391. The Hall–Kier alpha value is -3.22. The van der Waals surface area contributed by atoms with Crippen molar-refractivity contribution in [3.63, 3.8) is 0 Å². The highest BCUT2D eigenvalue weighted by atomic mass is 16.5. The molecule has 2 aromatic carbocycles. The highest BCUT2D eigenvalue weighted by Gasteiger charge is 2.24. The lowest BCUT2D eigenvalue weighted by atomic mass is 10.1. The molecule has 2 aromatic rings. The number of piperazine rings is 1. The molecule has 2 amide bonds. The molecule has 1 heterocycles. The zero-order valence-corrected chi connectivity index (χ0v) is 17.7. The highest BCUT2D eigenvalue weighted by Crippen LogP contribution is 2.28. The first kappa shape index (κ1) is 21.5. The monoisotopic (exact) mass is 412 g/mol. The Balaban J connectivity index is 1.50. The number of rotatable bonds is 7. The van der Waals surface area contributed by atoms with Gasteiger partial charge in [0.05, 0.1) is 34.2 Å². The van der Waals surface area contributed by atoms with Gasteiger partial charge in [-0.1, -0.05) is 18.2 Å². The van der Waals surface area contributed by atoms with Crippen LogP contribution in [0.1, 0.15) is 11.1 Å². The molecular formula is C23H28N2O5. The van der Waals surface area contributed by atoms with Crippen LogP contribution in [0.25, 0.3) is 0 Å². The Morgan fingerprint density at radius 2 is 1.20 bits per heavy atom. The Kier molecular flexibility index (Phi) is 7.17. The lowest BCUT2D eigenvalue weighted by molar-refractivity contribution is -0.138. The number of carbonyl (C=O) groups excluding carboxylic acids is 2. The molecule has 160 valence electrons. The lowest BCUT2D eigenvalue weighted by Crippen LogP contribution is -2.51. The molecule has 1 fully saturated rings. The van der Waals surface area contributed by atoms with E-state index in [4.69, 9.17) is 14.2 Å². The number of carbonyl (C=O) groups is 2. The fourth-order valence-corrected chi connectivity index (χ4v) is 3.51. The first-order valence-electron chi connectivity index (χ1n) is 9.93. The van der Waals surface area contributed by atoms with Gasteiger partial charge < -0.3 is 24.0 Å². The molecule has 0 aliphatic carbocycles.